The van der Waals surface area contributed by atoms with Gasteiger partial charge in [0.25, 0.3) is 0 Å². The fourth-order valence-electron chi connectivity index (χ4n) is 3.89. The Balaban J connectivity index is 1.83. The number of carbonyl (C=O) groups is 1. The summed E-state index contributed by atoms with van der Waals surface area (Å²) in [6.07, 6.45) is 1.39. The van der Waals surface area contributed by atoms with Crippen molar-refractivity contribution in [1.29, 1.82) is 0 Å². The predicted molar refractivity (Wildman–Crippen MR) is 103 cm³/mol. The SMILES string of the molecule is CCNCC1CCN(C(F)(F)Cc2cc(C)c3c(=O)c(C(=O)O)c[nH]c3c2)C1. The van der Waals surface area contributed by atoms with Crippen molar-refractivity contribution in [2.24, 2.45) is 5.92 Å². The van der Waals surface area contributed by atoms with Crippen LogP contribution in [-0.4, -0.2) is 53.2 Å². The van der Waals surface area contributed by atoms with E-state index in [-0.39, 0.29) is 16.9 Å². The summed E-state index contributed by atoms with van der Waals surface area (Å²) >= 11 is 0. The number of nitrogens with zero attached hydrogens (tertiary/aromatic N) is 1. The van der Waals surface area contributed by atoms with Crippen molar-refractivity contribution in [3.05, 3.63) is 45.2 Å². The second-order valence-electron chi connectivity index (χ2n) is 7.42. The minimum absolute atomic E-state index is 0.218. The molecule has 1 aromatic heterocycles. The lowest BCUT2D eigenvalue weighted by molar-refractivity contribution is -0.136. The molecule has 2 heterocycles. The molecule has 1 aromatic carbocycles. The monoisotopic (exact) mass is 393 g/mol. The molecule has 8 heteroatoms. The molecule has 0 saturated carbocycles. The number of aromatic carboxylic acids is 1. The maximum atomic E-state index is 14.8. The lowest BCUT2D eigenvalue weighted by Crippen LogP contribution is -2.42. The van der Waals surface area contributed by atoms with Crippen molar-refractivity contribution in [3.8, 4) is 0 Å². The summed E-state index contributed by atoms with van der Waals surface area (Å²) in [6.45, 7) is 5.90. The summed E-state index contributed by atoms with van der Waals surface area (Å²) in [6, 6.07) is 0.0706. The molecule has 1 fully saturated rings. The Labute approximate surface area is 161 Å². The summed E-state index contributed by atoms with van der Waals surface area (Å²) in [5.41, 5.74) is 0.288. The van der Waals surface area contributed by atoms with Gasteiger partial charge in [-0.25, -0.2) is 9.69 Å². The highest BCUT2D eigenvalue weighted by Gasteiger charge is 2.41. The molecule has 1 atom stereocenters. The predicted octanol–water partition coefficient (Wildman–Crippen LogP) is 2.60. The first-order valence-electron chi connectivity index (χ1n) is 9.44. The number of alkyl halides is 2. The number of aryl methyl sites for hydroxylation is 1. The Bertz CT molecular complexity index is 942. The van der Waals surface area contributed by atoms with E-state index in [9.17, 15) is 18.4 Å². The zero-order valence-corrected chi connectivity index (χ0v) is 16.0. The molecule has 3 N–H and O–H groups in total. The fourth-order valence-corrected chi connectivity index (χ4v) is 3.89. The Morgan fingerprint density at radius 1 is 1.43 bits per heavy atom. The van der Waals surface area contributed by atoms with E-state index < -0.39 is 23.9 Å². The maximum Gasteiger partial charge on any atom is 0.341 e. The molecular formula is C20H25F2N3O3. The van der Waals surface area contributed by atoms with Gasteiger partial charge in [-0.3, -0.25) is 4.79 Å². The summed E-state index contributed by atoms with van der Waals surface area (Å²) in [5.74, 6) is -1.10. The molecule has 1 aliphatic heterocycles. The van der Waals surface area contributed by atoms with Gasteiger partial charge >= 0.3 is 12.0 Å². The number of hydrogen-bond donors (Lipinski definition) is 3. The molecule has 0 bridgehead atoms. The average molecular weight is 393 g/mol. The topological polar surface area (TPSA) is 85.4 Å². The molecular weight excluding hydrogens is 368 g/mol. The van der Waals surface area contributed by atoms with Crippen molar-refractivity contribution in [2.45, 2.75) is 32.7 Å². The second-order valence-corrected chi connectivity index (χ2v) is 7.42. The first kappa shape index (κ1) is 20.4. The highest BCUT2D eigenvalue weighted by Crippen LogP contribution is 2.31. The van der Waals surface area contributed by atoms with Gasteiger partial charge in [-0.15, -0.1) is 0 Å². The molecule has 1 aliphatic rings. The Morgan fingerprint density at radius 2 is 2.18 bits per heavy atom. The van der Waals surface area contributed by atoms with Crippen LogP contribution >= 0.6 is 0 Å². The van der Waals surface area contributed by atoms with Gasteiger partial charge < -0.3 is 15.4 Å². The number of aromatic amines is 1. The smallest absolute Gasteiger partial charge is 0.341 e. The third-order valence-electron chi connectivity index (χ3n) is 5.32. The summed E-state index contributed by atoms with van der Waals surface area (Å²) in [5, 5.41) is 12.5. The van der Waals surface area contributed by atoms with E-state index in [1.54, 1.807) is 13.0 Å². The molecule has 0 radical (unpaired) electrons. The van der Waals surface area contributed by atoms with E-state index in [0.717, 1.165) is 25.7 Å². The largest absolute Gasteiger partial charge is 0.477 e. The maximum absolute atomic E-state index is 14.8. The quantitative estimate of drug-likeness (QED) is 0.630. The van der Waals surface area contributed by atoms with Crippen LogP contribution in [0.1, 0.15) is 34.8 Å². The van der Waals surface area contributed by atoms with Crippen LogP contribution in [0.5, 0.6) is 0 Å². The number of H-pyrrole nitrogens is 1. The van der Waals surface area contributed by atoms with E-state index in [4.69, 9.17) is 5.11 Å². The van der Waals surface area contributed by atoms with Crippen molar-refractivity contribution < 1.29 is 18.7 Å². The zero-order valence-electron chi connectivity index (χ0n) is 16.0. The number of pyridine rings is 1. The normalized spacial score (nSPS) is 18.1. The van der Waals surface area contributed by atoms with Gasteiger partial charge in [-0.2, -0.15) is 8.78 Å². The van der Waals surface area contributed by atoms with Gasteiger partial charge in [0.1, 0.15) is 5.56 Å². The number of carboxylic acids is 1. The molecule has 0 aliphatic carbocycles. The Kier molecular flexibility index (Phi) is 5.81. The Morgan fingerprint density at radius 3 is 2.86 bits per heavy atom. The van der Waals surface area contributed by atoms with Crippen molar-refractivity contribution >= 4 is 16.9 Å². The number of aromatic nitrogens is 1. The number of rotatable bonds is 7. The van der Waals surface area contributed by atoms with Gasteiger partial charge in [-0.05, 0) is 49.5 Å². The van der Waals surface area contributed by atoms with Crippen LogP contribution in [-0.2, 0) is 6.42 Å². The number of nitrogens with one attached hydrogen (secondary N) is 2. The minimum atomic E-state index is -2.98. The van der Waals surface area contributed by atoms with E-state index in [2.05, 4.69) is 10.3 Å². The molecule has 152 valence electrons. The van der Waals surface area contributed by atoms with E-state index >= 15 is 0 Å². The first-order chi connectivity index (χ1) is 13.2. The fraction of sp³-hybridized carbons (Fsp3) is 0.500. The second kappa shape index (κ2) is 7.97. The number of fused-ring (bicyclic) bond motifs is 1. The molecule has 0 amide bonds. The summed E-state index contributed by atoms with van der Waals surface area (Å²) in [4.78, 5) is 27.5. The molecule has 3 rings (SSSR count). The zero-order chi connectivity index (χ0) is 20.5. The van der Waals surface area contributed by atoms with Crippen LogP contribution in [0.3, 0.4) is 0 Å². The Hall–Kier alpha value is -2.32. The standard InChI is InChI=1S/C20H25F2N3O3/c1-3-23-9-13-4-5-25(11-13)20(21,22)8-14-6-12(2)17-16(7-14)24-10-15(18(17)26)19(27)28/h6-7,10,13,23H,3-5,8-9,11H2,1-2H3,(H,24,26)(H,27,28). The van der Waals surface area contributed by atoms with Crippen LogP contribution in [0.2, 0.25) is 0 Å². The number of halogens is 2. The van der Waals surface area contributed by atoms with Crippen molar-refractivity contribution in [2.75, 3.05) is 26.2 Å². The van der Waals surface area contributed by atoms with Gasteiger partial charge in [0.15, 0.2) is 0 Å². The number of carboxylic acid groups (broad SMARTS) is 1. The molecule has 6 nitrogen and oxygen atoms in total. The minimum Gasteiger partial charge on any atom is -0.477 e. The van der Waals surface area contributed by atoms with Gasteiger partial charge in [-0.1, -0.05) is 13.0 Å². The average Bonchev–Trinajstić information content (AvgIpc) is 3.09. The third-order valence-corrected chi connectivity index (χ3v) is 5.32. The molecule has 1 unspecified atom stereocenters. The lowest BCUT2D eigenvalue weighted by atomic mass is 10.0. The number of benzene rings is 1. The van der Waals surface area contributed by atoms with Gasteiger partial charge in [0.05, 0.1) is 6.42 Å². The summed E-state index contributed by atoms with van der Waals surface area (Å²) < 4.78 is 29.7. The van der Waals surface area contributed by atoms with Crippen LogP contribution in [0.25, 0.3) is 10.9 Å². The van der Waals surface area contributed by atoms with E-state index in [0.29, 0.717) is 29.7 Å². The van der Waals surface area contributed by atoms with Crippen molar-refractivity contribution in [3.63, 3.8) is 0 Å². The van der Waals surface area contributed by atoms with Crippen LogP contribution in [0, 0.1) is 12.8 Å². The van der Waals surface area contributed by atoms with Crippen LogP contribution < -0.4 is 10.7 Å². The first-order valence-corrected chi connectivity index (χ1v) is 9.44. The molecule has 2 aromatic rings. The van der Waals surface area contributed by atoms with Crippen LogP contribution in [0.4, 0.5) is 8.78 Å². The molecule has 0 spiro atoms. The van der Waals surface area contributed by atoms with E-state index in [1.807, 2.05) is 6.92 Å². The van der Waals surface area contributed by atoms with Crippen LogP contribution in [0.15, 0.2) is 23.1 Å². The van der Waals surface area contributed by atoms with E-state index in [1.165, 1.54) is 11.0 Å². The number of likely N-dealkylation sites (tertiary alicyclic amines) is 1. The third kappa shape index (κ3) is 4.07. The molecule has 28 heavy (non-hydrogen) atoms. The van der Waals surface area contributed by atoms with Gasteiger partial charge in [0, 0.05) is 30.2 Å². The number of hydrogen-bond acceptors (Lipinski definition) is 4. The highest BCUT2D eigenvalue weighted by molar-refractivity contribution is 5.93. The molecule has 1 saturated heterocycles. The van der Waals surface area contributed by atoms with Crippen molar-refractivity contribution in [1.82, 2.24) is 15.2 Å². The summed E-state index contributed by atoms with van der Waals surface area (Å²) in [7, 11) is 0. The lowest BCUT2D eigenvalue weighted by Gasteiger charge is -2.27. The highest BCUT2D eigenvalue weighted by atomic mass is 19.3. The van der Waals surface area contributed by atoms with Gasteiger partial charge in [0.2, 0.25) is 5.43 Å².